The second-order valence-corrected chi connectivity index (χ2v) is 8.56. The second-order valence-electron chi connectivity index (χ2n) is 6.89. The third-order valence-electron chi connectivity index (χ3n) is 4.37. The van der Waals surface area contributed by atoms with Crippen molar-refractivity contribution < 1.29 is 4.21 Å². The maximum atomic E-state index is 12.8. The summed E-state index contributed by atoms with van der Waals surface area (Å²) in [6.07, 6.45) is 4.61. The van der Waals surface area contributed by atoms with Gasteiger partial charge in [-0.2, -0.15) is 0 Å². The molecule has 3 heteroatoms. The molecule has 112 valence electrons. The van der Waals surface area contributed by atoms with E-state index in [1.807, 2.05) is 12.1 Å². The largest absolute Gasteiger partial charge is 0.330 e. The summed E-state index contributed by atoms with van der Waals surface area (Å²) >= 11 is 0. The van der Waals surface area contributed by atoms with Gasteiger partial charge in [0.05, 0.1) is 10.8 Å². The first-order valence-electron chi connectivity index (χ1n) is 7.64. The van der Waals surface area contributed by atoms with E-state index in [9.17, 15) is 4.21 Å². The van der Waals surface area contributed by atoms with Crippen LogP contribution in [-0.4, -0.2) is 16.0 Å². The molecule has 1 aliphatic carbocycles. The fourth-order valence-electron chi connectivity index (χ4n) is 2.99. The molecule has 2 nitrogen and oxygen atoms in total. The Morgan fingerprint density at radius 1 is 1.15 bits per heavy atom. The molecule has 1 saturated carbocycles. The lowest BCUT2D eigenvalue weighted by molar-refractivity contribution is 0.372. The fourth-order valence-corrected chi connectivity index (χ4v) is 4.72. The third-order valence-corrected chi connectivity index (χ3v) is 6.28. The Morgan fingerprint density at radius 2 is 1.75 bits per heavy atom. The third kappa shape index (κ3) is 3.50. The SMILES string of the molecule is CC(C)(C)c1ccc(S(=O)C2CCCCC2CN)cc1. The average molecular weight is 293 g/mol. The summed E-state index contributed by atoms with van der Waals surface area (Å²) in [5.41, 5.74) is 7.29. The van der Waals surface area contributed by atoms with Crippen molar-refractivity contribution in [3.8, 4) is 0 Å². The van der Waals surface area contributed by atoms with Crippen molar-refractivity contribution >= 4 is 10.8 Å². The molecule has 0 radical (unpaired) electrons. The first kappa shape index (κ1) is 15.7. The van der Waals surface area contributed by atoms with Gasteiger partial charge in [0.2, 0.25) is 0 Å². The molecule has 3 atom stereocenters. The van der Waals surface area contributed by atoms with Crippen LogP contribution < -0.4 is 5.73 Å². The summed E-state index contributed by atoms with van der Waals surface area (Å²) in [5, 5.41) is 0.245. The molecule has 2 rings (SSSR count). The van der Waals surface area contributed by atoms with Crippen molar-refractivity contribution in [1.29, 1.82) is 0 Å². The van der Waals surface area contributed by atoms with Crippen molar-refractivity contribution in [1.82, 2.24) is 0 Å². The van der Waals surface area contributed by atoms with Crippen molar-refractivity contribution in [2.45, 2.75) is 62.0 Å². The quantitative estimate of drug-likeness (QED) is 0.925. The van der Waals surface area contributed by atoms with Crippen LogP contribution in [0.1, 0.15) is 52.0 Å². The van der Waals surface area contributed by atoms with Crippen molar-refractivity contribution in [2.75, 3.05) is 6.54 Å². The first-order chi connectivity index (χ1) is 9.43. The van der Waals surface area contributed by atoms with Crippen LogP contribution in [0.2, 0.25) is 0 Å². The van der Waals surface area contributed by atoms with E-state index in [1.165, 1.54) is 18.4 Å². The molecular formula is C17H27NOS. The molecule has 0 spiro atoms. The number of nitrogens with two attached hydrogens (primary N) is 1. The van der Waals surface area contributed by atoms with E-state index < -0.39 is 10.8 Å². The summed E-state index contributed by atoms with van der Waals surface area (Å²) in [5.74, 6) is 0.423. The van der Waals surface area contributed by atoms with Gasteiger partial charge in [0.15, 0.2) is 0 Å². The topological polar surface area (TPSA) is 43.1 Å². The summed E-state index contributed by atoms with van der Waals surface area (Å²) in [4.78, 5) is 0.961. The van der Waals surface area contributed by atoms with Gasteiger partial charge in [-0.15, -0.1) is 0 Å². The van der Waals surface area contributed by atoms with Crippen LogP contribution in [-0.2, 0) is 16.2 Å². The van der Waals surface area contributed by atoms with Crippen LogP contribution in [0, 0.1) is 5.92 Å². The molecular weight excluding hydrogens is 266 g/mol. The minimum absolute atomic E-state index is 0.144. The van der Waals surface area contributed by atoms with E-state index in [0.29, 0.717) is 12.5 Å². The van der Waals surface area contributed by atoms with Gasteiger partial charge in [-0.3, -0.25) is 4.21 Å². The van der Waals surface area contributed by atoms with E-state index in [4.69, 9.17) is 5.73 Å². The molecule has 1 aromatic carbocycles. The van der Waals surface area contributed by atoms with E-state index in [2.05, 4.69) is 32.9 Å². The van der Waals surface area contributed by atoms with E-state index in [0.717, 1.165) is 17.7 Å². The summed E-state index contributed by atoms with van der Waals surface area (Å²) < 4.78 is 12.8. The van der Waals surface area contributed by atoms with Gasteiger partial charge in [0.25, 0.3) is 0 Å². The lowest BCUT2D eigenvalue weighted by Crippen LogP contribution is -2.34. The Kier molecular flexibility index (Phi) is 5.03. The number of hydrogen-bond donors (Lipinski definition) is 1. The van der Waals surface area contributed by atoms with Gasteiger partial charge in [-0.05, 0) is 48.4 Å². The normalized spacial score (nSPS) is 25.4. The lowest BCUT2D eigenvalue weighted by Gasteiger charge is -2.30. The van der Waals surface area contributed by atoms with Crippen molar-refractivity contribution in [3.63, 3.8) is 0 Å². The lowest BCUT2D eigenvalue weighted by atomic mass is 9.87. The molecule has 0 saturated heterocycles. The van der Waals surface area contributed by atoms with Gasteiger partial charge in [0, 0.05) is 10.1 Å². The minimum atomic E-state index is -0.915. The zero-order chi connectivity index (χ0) is 14.8. The van der Waals surface area contributed by atoms with Crippen molar-refractivity contribution in [2.24, 2.45) is 11.7 Å². The molecule has 0 amide bonds. The Labute approximate surface area is 125 Å². The van der Waals surface area contributed by atoms with Crippen molar-refractivity contribution in [3.05, 3.63) is 29.8 Å². The summed E-state index contributed by atoms with van der Waals surface area (Å²) in [7, 11) is -0.915. The molecule has 1 aromatic rings. The zero-order valence-corrected chi connectivity index (χ0v) is 13.7. The second kappa shape index (κ2) is 6.40. The van der Waals surface area contributed by atoms with Gasteiger partial charge >= 0.3 is 0 Å². The molecule has 0 aliphatic heterocycles. The van der Waals surface area contributed by atoms with Crippen LogP contribution in [0.3, 0.4) is 0 Å². The van der Waals surface area contributed by atoms with E-state index in [-0.39, 0.29) is 10.7 Å². The van der Waals surface area contributed by atoms with Crippen LogP contribution in [0.4, 0.5) is 0 Å². The smallest absolute Gasteiger partial charge is 0.0564 e. The Bertz CT molecular complexity index is 461. The molecule has 0 aromatic heterocycles. The van der Waals surface area contributed by atoms with Crippen LogP contribution in [0.5, 0.6) is 0 Å². The molecule has 1 fully saturated rings. The molecule has 0 bridgehead atoms. The number of rotatable bonds is 3. The van der Waals surface area contributed by atoms with Crippen LogP contribution in [0.25, 0.3) is 0 Å². The molecule has 20 heavy (non-hydrogen) atoms. The molecule has 2 N–H and O–H groups in total. The van der Waals surface area contributed by atoms with E-state index >= 15 is 0 Å². The predicted octanol–water partition coefficient (Wildman–Crippen LogP) is 3.61. The van der Waals surface area contributed by atoms with Gasteiger partial charge in [-0.25, -0.2) is 0 Å². The Balaban J connectivity index is 2.16. The van der Waals surface area contributed by atoms with Crippen LogP contribution >= 0.6 is 0 Å². The van der Waals surface area contributed by atoms with Gasteiger partial charge in [-0.1, -0.05) is 45.7 Å². The first-order valence-corrected chi connectivity index (χ1v) is 8.86. The Morgan fingerprint density at radius 3 is 2.30 bits per heavy atom. The highest BCUT2D eigenvalue weighted by atomic mass is 32.2. The highest BCUT2D eigenvalue weighted by molar-refractivity contribution is 7.85. The molecule has 0 heterocycles. The fraction of sp³-hybridized carbons (Fsp3) is 0.647. The standard InChI is InChI=1S/C17H27NOS/c1-17(2,3)14-8-10-15(11-9-14)20(19)16-7-5-4-6-13(16)12-18/h8-11,13,16H,4-7,12,18H2,1-3H3. The Hall–Kier alpha value is -0.670. The average Bonchev–Trinajstić information content (AvgIpc) is 2.45. The minimum Gasteiger partial charge on any atom is -0.330 e. The molecule has 3 unspecified atom stereocenters. The maximum Gasteiger partial charge on any atom is 0.0564 e. The summed E-state index contributed by atoms with van der Waals surface area (Å²) in [6.45, 7) is 7.26. The number of hydrogen-bond acceptors (Lipinski definition) is 2. The number of benzene rings is 1. The van der Waals surface area contributed by atoms with E-state index in [1.54, 1.807) is 0 Å². The highest BCUT2D eigenvalue weighted by Gasteiger charge is 2.29. The zero-order valence-electron chi connectivity index (χ0n) is 12.9. The monoisotopic (exact) mass is 293 g/mol. The van der Waals surface area contributed by atoms with Crippen LogP contribution in [0.15, 0.2) is 29.2 Å². The summed E-state index contributed by atoms with van der Waals surface area (Å²) in [6, 6.07) is 8.32. The predicted molar refractivity (Wildman–Crippen MR) is 86.4 cm³/mol. The van der Waals surface area contributed by atoms with Gasteiger partial charge < -0.3 is 5.73 Å². The maximum absolute atomic E-state index is 12.8. The van der Waals surface area contributed by atoms with Gasteiger partial charge in [0.1, 0.15) is 0 Å². The molecule has 1 aliphatic rings. The highest BCUT2D eigenvalue weighted by Crippen LogP contribution is 2.31.